The predicted molar refractivity (Wildman–Crippen MR) is 70.5 cm³/mol. The number of rotatable bonds is 2. The van der Waals surface area contributed by atoms with Crippen molar-refractivity contribution in [3.8, 4) is 5.75 Å². The zero-order valence-corrected chi connectivity index (χ0v) is 10.9. The molecule has 2 N–H and O–H groups in total. The number of carbonyl (C=O) groups is 1. The smallest absolute Gasteiger partial charge is 0.240 e. The lowest BCUT2D eigenvalue weighted by Gasteiger charge is -2.26. The van der Waals surface area contributed by atoms with Crippen LogP contribution in [-0.4, -0.2) is 16.7 Å². The Hall–Kier alpha value is -1.84. The monoisotopic (exact) mass is 246 g/mol. The molecule has 0 fully saturated rings. The number of hydrogen-bond acceptors (Lipinski definition) is 3. The Kier molecular flexibility index (Phi) is 3.36. The molecule has 0 aliphatic carbocycles. The molecule has 2 rings (SSSR count). The summed E-state index contributed by atoms with van der Waals surface area (Å²) in [5.41, 5.74) is 5.10. The van der Waals surface area contributed by atoms with Gasteiger partial charge >= 0.3 is 0 Å². The Morgan fingerprint density at radius 3 is 2.83 bits per heavy atom. The third kappa shape index (κ3) is 2.23. The summed E-state index contributed by atoms with van der Waals surface area (Å²) in [7, 11) is 0. The number of phenols is 1. The molecule has 1 aliphatic rings. The summed E-state index contributed by atoms with van der Waals surface area (Å²) in [5.74, 6) is 0.640. The van der Waals surface area contributed by atoms with Crippen LogP contribution in [0.3, 0.4) is 0 Å². The van der Waals surface area contributed by atoms with E-state index in [-0.39, 0.29) is 17.6 Å². The van der Waals surface area contributed by atoms with Gasteiger partial charge in [-0.1, -0.05) is 26.0 Å². The van der Waals surface area contributed by atoms with Crippen LogP contribution in [0, 0.1) is 18.8 Å². The molecule has 4 nitrogen and oxygen atoms in total. The maximum Gasteiger partial charge on any atom is 0.240 e. The van der Waals surface area contributed by atoms with Crippen molar-refractivity contribution in [1.82, 2.24) is 5.43 Å². The molecule has 18 heavy (non-hydrogen) atoms. The lowest BCUT2D eigenvalue weighted by molar-refractivity contribution is -0.122. The van der Waals surface area contributed by atoms with E-state index in [2.05, 4.69) is 24.4 Å². The van der Waals surface area contributed by atoms with Crippen LogP contribution >= 0.6 is 0 Å². The summed E-state index contributed by atoms with van der Waals surface area (Å²) in [4.78, 5) is 11.4. The zero-order chi connectivity index (χ0) is 13.3. The average molecular weight is 246 g/mol. The van der Waals surface area contributed by atoms with Crippen molar-refractivity contribution in [3.63, 3.8) is 0 Å². The highest BCUT2D eigenvalue weighted by Gasteiger charge is 2.29. The van der Waals surface area contributed by atoms with E-state index in [9.17, 15) is 9.90 Å². The van der Waals surface area contributed by atoms with Gasteiger partial charge in [-0.2, -0.15) is 5.10 Å². The number of hydrogen-bond donors (Lipinski definition) is 2. The fraction of sp³-hybridized carbons (Fsp3) is 0.429. The number of benzene rings is 1. The van der Waals surface area contributed by atoms with Crippen molar-refractivity contribution in [1.29, 1.82) is 0 Å². The summed E-state index contributed by atoms with van der Waals surface area (Å²) in [6.07, 6.45) is 0.450. The van der Waals surface area contributed by atoms with Crippen molar-refractivity contribution in [3.05, 3.63) is 29.3 Å². The van der Waals surface area contributed by atoms with Crippen LogP contribution in [0.1, 0.15) is 31.4 Å². The van der Waals surface area contributed by atoms with Gasteiger partial charge in [-0.3, -0.25) is 4.79 Å². The fourth-order valence-corrected chi connectivity index (χ4v) is 2.26. The van der Waals surface area contributed by atoms with E-state index in [1.807, 2.05) is 13.0 Å². The van der Waals surface area contributed by atoms with Crippen molar-refractivity contribution in [2.75, 3.05) is 0 Å². The Balaban J connectivity index is 2.47. The number of amides is 1. The fourth-order valence-electron chi connectivity index (χ4n) is 2.26. The van der Waals surface area contributed by atoms with Crippen LogP contribution in [-0.2, 0) is 4.79 Å². The lowest BCUT2D eigenvalue weighted by Crippen LogP contribution is -2.36. The molecule has 1 atom stereocenters. The second-order valence-corrected chi connectivity index (χ2v) is 5.04. The molecule has 0 saturated heterocycles. The summed E-state index contributed by atoms with van der Waals surface area (Å²) in [6.45, 7) is 6.02. The maximum atomic E-state index is 11.4. The van der Waals surface area contributed by atoms with Gasteiger partial charge in [0.25, 0.3) is 0 Å². The molecule has 1 amide bonds. The van der Waals surface area contributed by atoms with Crippen LogP contribution in [0.2, 0.25) is 0 Å². The molecule has 1 aromatic rings. The molecule has 0 aromatic heterocycles. The van der Waals surface area contributed by atoms with Gasteiger partial charge in [-0.15, -0.1) is 0 Å². The van der Waals surface area contributed by atoms with Crippen LogP contribution in [0.25, 0.3) is 0 Å². The first-order valence-electron chi connectivity index (χ1n) is 6.16. The third-order valence-corrected chi connectivity index (χ3v) is 3.44. The minimum atomic E-state index is -0.0461. The van der Waals surface area contributed by atoms with Gasteiger partial charge in [0, 0.05) is 17.9 Å². The molecule has 1 aliphatic heterocycles. The zero-order valence-electron chi connectivity index (χ0n) is 10.9. The highest BCUT2D eigenvalue weighted by Crippen LogP contribution is 2.28. The number of nitrogens with zero attached hydrogens (tertiary/aromatic N) is 1. The van der Waals surface area contributed by atoms with Gasteiger partial charge in [-0.05, 0) is 24.5 Å². The van der Waals surface area contributed by atoms with Crippen LogP contribution < -0.4 is 5.43 Å². The highest BCUT2D eigenvalue weighted by atomic mass is 16.3. The predicted octanol–water partition coefficient (Wildman–Crippen LogP) is 2.20. The van der Waals surface area contributed by atoms with Crippen molar-refractivity contribution < 1.29 is 9.90 Å². The normalized spacial score (nSPS) is 19.7. The standard InChI is InChI=1S/C14H18N2O2/c1-8(2)11-7-13(18)15-16-14(11)10-5-4-6-12(17)9(10)3/h4-6,8,11,17H,7H2,1-3H3,(H,15,18). The minimum absolute atomic E-state index is 0.0461. The molecule has 96 valence electrons. The van der Waals surface area contributed by atoms with E-state index < -0.39 is 0 Å². The summed E-state index contributed by atoms with van der Waals surface area (Å²) < 4.78 is 0. The highest BCUT2D eigenvalue weighted by molar-refractivity contribution is 6.07. The second-order valence-electron chi connectivity index (χ2n) is 5.04. The molecular weight excluding hydrogens is 228 g/mol. The second kappa shape index (κ2) is 4.80. The quantitative estimate of drug-likeness (QED) is 0.840. The topological polar surface area (TPSA) is 61.7 Å². The number of phenolic OH excluding ortho intramolecular Hbond substituents is 1. The summed E-state index contributed by atoms with van der Waals surface area (Å²) in [5, 5.41) is 14.0. The van der Waals surface area contributed by atoms with Crippen molar-refractivity contribution in [2.24, 2.45) is 16.9 Å². The Morgan fingerprint density at radius 1 is 1.44 bits per heavy atom. The van der Waals surface area contributed by atoms with Crippen LogP contribution in [0.15, 0.2) is 23.3 Å². The van der Waals surface area contributed by atoms with E-state index in [0.29, 0.717) is 12.3 Å². The number of nitrogens with one attached hydrogen (secondary N) is 1. The van der Waals surface area contributed by atoms with Crippen LogP contribution in [0.5, 0.6) is 5.75 Å². The van der Waals surface area contributed by atoms with Gasteiger partial charge in [0.2, 0.25) is 5.91 Å². The van der Waals surface area contributed by atoms with Gasteiger partial charge < -0.3 is 5.11 Å². The Labute approximate surface area is 107 Å². The first-order chi connectivity index (χ1) is 8.50. The molecule has 0 saturated carbocycles. The van der Waals surface area contributed by atoms with E-state index in [4.69, 9.17) is 0 Å². The lowest BCUT2D eigenvalue weighted by atomic mass is 9.82. The molecule has 0 spiro atoms. The Morgan fingerprint density at radius 2 is 2.17 bits per heavy atom. The molecular formula is C14H18N2O2. The first-order valence-corrected chi connectivity index (χ1v) is 6.16. The number of aromatic hydroxyl groups is 1. The van der Waals surface area contributed by atoms with E-state index in [0.717, 1.165) is 16.8 Å². The molecule has 1 unspecified atom stereocenters. The SMILES string of the molecule is Cc1c(O)cccc1C1=NNC(=O)CC1C(C)C. The largest absolute Gasteiger partial charge is 0.508 e. The first kappa shape index (κ1) is 12.6. The van der Waals surface area contributed by atoms with E-state index in [1.54, 1.807) is 12.1 Å². The average Bonchev–Trinajstić information content (AvgIpc) is 2.33. The third-order valence-electron chi connectivity index (χ3n) is 3.44. The molecule has 4 heteroatoms. The van der Waals surface area contributed by atoms with E-state index in [1.165, 1.54) is 0 Å². The maximum absolute atomic E-state index is 11.4. The van der Waals surface area contributed by atoms with Crippen molar-refractivity contribution in [2.45, 2.75) is 27.2 Å². The van der Waals surface area contributed by atoms with Gasteiger partial charge in [0.05, 0.1) is 5.71 Å². The summed E-state index contributed by atoms with van der Waals surface area (Å²) >= 11 is 0. The van der Waals surface area contributed by atoms with Gasteiger partial charge in [-0.25, -0.2) is 5.43 Å². The number of carbonyl (C=O) groups excluding carboxylic acids is 1. The van der Waals surface area contributed by atoms with E-state index >= 15 is 0 Å². The minimum Gasteiger partial charge on any atom is -0.508 e. The van der Waals surface area contributed by atoms with Crippen LogP contribution in [0.4, 0.5) is 0 Å². The molecule has 1 aromatic carbocycles. The summed E-state index contributed by atoms with van der Waals surface area (Å²) in [6, 6.07) is 5.39. The molecule has 0 radical (unpaired) electrons. The van der Waals surface area contributed by atoms with Gasteiger partial charge in [0.1, 0.15) is 5.75 Å². The Bertz CT molecular complexity index is 507. The number of hydrazone groups is 1. The van der Waals surface area contributed by atoms with Crippen molar-refractivity contribution >= 4 is 11.6 Å². The molecule has 1 heterocycles. The molecule has 0 bridgehead atoms. The van der Waals surface area contributed by atoms with Gasteiger partial charge in [0.15, 0.2) is 0 Å².